The van der Waals surface area contributed by atoms with Gasteiger partial charge in [0.2, 0.25) is 0 Å². The lowest BCUT2D eigenvalue weighted by Gasteiger charge is -2.17. The summed E-state index contributed by atoms with van der Waals surface area (Å²) in [5, 5.41) is 3.52. The highest BCUT2D eigenvalue weighted by Crippen LogP contribution is 2.26. The van der Waals surface area contributed by atoms with E-state index in [0.717, 1.165) is 18.4 Å². The van der Waals surface area contributed by atoms with Crippen molar-refractivity contribution in [1.29, 1.82) is 0 Å². The summed E-state index contributed by atoms with van der Waals surface area (Å²) in [5.41, 5.74) is 2.04. The van der Waals surface area contributed by atoms with Crippen LogP contribution in [0, 0.1) is 0 Å². The number of carbonyl (C=O) groups is 3. The third-order valence-electron chi connectivity index (χ3n) is 5.26. The van der Waals surface area contributed by atoms with E-state index >= 15 is 0 Å². The molecule has 0 radical (unpaired) electrons. The second-order valence-corrected chi connectivity index (χ2v) is 7.69. The van der Waals surface area contributed by atoms with Gasteiger partial charge in [-0.05, 0) is 55.2 Å². The van der Waals surface area contributed by atoms with E-state index in [4.69, 9.17) is 16.3 Å². The SMILES string of the molecule is O=C(NCCc1ccc(Cl)cc1)c1ccc2c(c1)C(=O)N(CC1CCCO1)C2=O. The van der Waals surface area contributed by atoms with Crippen LogP contribution in [0.1, 0.15) is 49.5 Å². The number of imide groups is 1. The molecule has 0 bridgehead atoms. The van der Waals surface area contributed by atoms with Crippen LogP contribution in [-0.4, -0.2) is 48.4 Å². The molecule has 2 aromatic carbocycles. The van der Waals surface area contributed by atoms with Crippen molar-refractivity contribution in [1.82, 2.24) is 10.2 Å². The third-order valence-corrected chi connectivity index (χ3v) is 5.51. The number of nitrogens with one attached hydrogen (secondary N) is 1. The molecular formula is C22H21ClN2O4. The minimum atomic E-state index is -0.365. The number of halogens is 1. The highest BCUT2D eigenvalue weighted by atomic mass is 35.5. The molecule has 29 heavy (non-hydrogen) atoms. The molecule has 1 unspecified atom stereocenters. The summed E-state index contributed by atoms with van der Waals surface area (Å²) >= 11 is 5.87. The van der Waals surface area contributed by atoms with Gasteiger partial charge in [0.15, 0.2) is 0 Å². The van der Waals surface area contributed by atoms with E-state index in [1.54, 1.807) is 12.1 Å². The first kappa shape index (κ1) is 19.6. The molecule has 1 N–H and O–H groups in total. The Kier molecular flexibility index (Phi) is 5.65. The molecule has 2 aromatic rings. The first-order valence-electron chi connectivity index (χ1n) is 9.67. The molecule has 0 saturated carbocycles. The van der Waals surface area contributed by atoms with Crippen LogP contribution in [0.2, 0.25) is 5.02 Å². The molecule has 2 heterocycles. The second kappa shape index (κ2) is 8.35. The van der Waals surface area contributed by atoms with Crippen molar-refractivity contribution in [3.8, 4) is 0 Å². The predicted octanol–water partition coefficient (Wildman–Crippen LogP) is 3.09. The van der Waals surface area contributed by atoms with Gasteiger partial charge in [-0.1, -0.05) is 23.7 Å². The van der Waals surface area contributed by atoms with E-state index in [1.807, 2.05) is 24.3 Å². The number of carbonyl (C=O) groups excluding carboxylic acids is 3. The van der Waals surface area contributed by atoms with Crippen molar-refractivity contribution >= 4 is 29.3 Å². The van der Waals surface area contributed by atoms with Gasteiger partial charge in [0.05, 0.1) is 23.8 Å². The summed E-state index contributed by atoms with van der Waals surface area (Å²) in [6, 6.07) is 12.1. The van der Waals surface area contributed by atoms with E-state index < -0.39 is 0 Å². The molecule has 0 aromatic heterocycles. The van der Waals surface area contributed by atoms with E-state index in [1.165, 1.54) is 11.0 Å². The van der Waals surface area contributed by atoms with Gasteiger partial charge >= 0.3 is 0 Å². The van der Waals surface area contributed by atoms with Gasteiger partial charge in [-0.2, -0.15) is 0 Å². The lowest BCUT2D eigenvalue weighted by molar-refractivity contribution is 0.0475. The summed E-state index contributed by atoms with van der Waals surface area (Å²) in [6.07, 6.45) is 2.34. The fourth-order valence-electron chi connectivity index (χ4n) is 3.66. The molecule has 150 valence electrons. The Morgan fingerprint density at radius 2 is 1.86 bits per heavy atom. The molecule has 4 rings (SSSR count). The first-order chi connectivity index (χ1) is 14.0. The van der Waals surface area contributed by atoms with Crippen molar-refractivity contribution in [2.24, 2.45) is 0 Å². The van der Waals surface area contributed by atoms with Crippen LogP contribution in [0.4, 0.5) is 0 Å². The maximum atomic E-state index is 12.7. The van der Waals surface area contributed by atoms with Crippen LogP contribution in [0.5, 0.6) is 0 Å². The Hall–Kier alpha value is -2.70. The standard InChI is InChI=1S/C22H21ClN2O4/c23-16-6-3-14(4-7-16)9-10-24-20(26)15-5-8-18-19(12-15)22(28)25(21(18)27)13-17-2-1-11-29-17/h3-8,12,17H,1-2,9-11,13H2,(H,24,26). The average molecular weight is 413 g/mol. The molecule has 3 amide bonds. The first-order valence-corrected chi connectivity index (χ1v) is 10.1. The molecule has 0 spiro atoms. The highest BCUT2D eigenvalue weighted by Gasteiger charge is 2.37. The lowest BCUT2D eigenvalue weighted by Crippen LogP contribution is -2.36. The van der Waals surface area contributed by atoms with Gasteiger partial charge < -0.3 is 10.1 Å². The molecular weight excluding hydrogens is 392 g/mol. The Balaban J connectivity index is 1.39. The molecule has 2 aliphatic heterocycles. The third kappa shape index (κ3) is 4.18. The maximum absolute atomic E-state index is 12.7. The van der Waals surface area contributed by atoms with Crippen molar-refractivity contribution in [2.45, 2.75) is 25.4 Å². The predicted molar refractivity (Wildman–Crippen MR) is 108 cm³/mol. The molecule has 0 aliphatic carbocycles. The van der Waals surface area contributed by atoms with Crippen LogP contribution in [0.3, 0.4) is 0 Å². The summed E-state index contributed by atoms with van der Waals surface area (Å²) in [6.45, 7) is 1.37. The Morgan fingerprint density at radius 3 is 2.59 bits per heavy atom. The smallest absolute Gasteiger partial charge is 0.261 e. The normalized spacial score (nSPS) is 18.2. The number of benzene rings is 2. The van der Waals surface area contributed by atoms with E-state index in [-0.39, 0.29) is 35.9 Å². The summed E-state index contributed by atoms with van der Waals surface area (Å²) < 4.78 is 5.54. The van der Waals surface area contributed by atoms with Crippen LogP contribution in [0.15, 0.2) is 42.5 Å². The average Bonchev–Trinajstić information content (AvgIpc) is 3.32. The number of ether oxygens (including phenoxy) is 1. The topological polar surface area (TPSA) is 75.7 Å². The minimum absolute atomic E-state index is 0.104. The van der Waals surface area contributed by atoms with E-state index in [0.29, 0.717) is 35.7 Å². The van der Waals surface area contributed by atoms with Crippen LogP contribution in [0.25, 0.3) is 0 Å². The van der Waals surface area contributed by atoms with E-state index in [9.17, 15) is 14.4 Å². The van der Waals surface area contributed by atoms with Gasteiger partial charge in [-0.25, -0.2) is 0 Å². The number of fused-ring (bicyclic) bond motifs is 1. The van der Waals surface area contributed by atoms with Crippen molar-refractivity contribution < 1.29 is 19.1 Å². The Morgan fingerprint density at radius 1 is 1.10 bits per heavy atom. The molecule has 1 saturated heterocycles. The number of hydrogen-bond donors (Lipinski definition) is 1. The monoisotopic (exact) mass is 412 g/mol. The van der Waals surface area contributed by atoms with Gasteiger partial charge in [-0.3, -0.25) is 19.3 Å². The van der Waals surface area contributed by atoms with Gasteiger partial charge in [0, 0.05) is 23.7 Å². The molecule has 6 nitrogen and oxygen atoms in total. The summed E-state index contributed by atoms with van der Waals surface area (Å²) in [5.74, 6) is -0.967. The zero-order valence-electron chi connectivity index (χ0n) is 15.8. The van der Waals surface area contributed by atoms with Gasteiger partial charge in [0.25, 0.3) is 17.7 Å². The lowest BCUT2D eigenvalue weighted by atomic mass is 10.1. The number of hydrogen-bond acceptors (Lipinski definition) is 4. The second-order valence-electron chi connectivity index (χ2n) is 7.25. The Labute approximate surface area is 173 Å². The largest absolute Gasteiger partial charge is 0.376 e. The molecule has 7 heteroatoms. The number of nitrogens with zero attached hydrogens (tertiary/aromatic N) is 1. The number of amides is 3. The van der Waals surface area contributed by atoms with Crippen LogP contribution < -0.4 is 5.32 Å². The number of rotatable bonds is 6. The highest BCUT2D eigenvalue weighted by molar-refractivity contribution is 6.30. The molecule has 2 aliphatic rings. The summed E-state index contributed by atoms with van der Waals surface area (Å²) in [4.78, 5) is 39.0. The maximum Gasteiger partial charge on any atom is 0.261 e. The van der Waals surface area contributed by atoms with E-state index in [2.05, 4.69) is 5.32 Å². The zero-order valence-corrected chi connectivity index (χ0v) is 16.6. The van der Waals surface area contributed by atoms with Crippen molar-refractivity contribution in [2.75, 3.05) is 19.7 Å². The molecule has 1 fully saturated rings. The summed E-state index contributed by atoms with van der Waals surface area (Å²) in [7, 11) is 0. The van der Waals surface area contributed by atoms with Gasteiger partial charge in [-0.15, -0.1) is 0 Å². The van der Waals surface area contributed by atoms with Crippen molar-refractivity contribution in [3.63, 3.8) is 0 Å². The minimum Gasteiger partial charge on any atom is -0.376 e. The quantitative estimate of drug-likeness (QED) is 0.740. The van der Waals surface area contributed by atoms with Crippen molar-refractivity contribution in [3.05, 3.63) is 69.7 Å². The van der Waals surface area contributed by atoms with Gasteiger partial charge in [0.1, 0.15) is 0 Å². The van der Waals surface area contributed by atoms with Crippen LogP contribution in [-0.2, 0) is 11.2 Å². The van der Waals surface area contributed by atoms with Crippen LogP contribution >= 0.6 is 11.6 Å². The Bertz CT molecular complexity index is 952. The molecule has 1 atom stereocenters. The zero-order chi connectivity index (χ0) is 20.4. The fourth-order valence-corrected chi connectivity index (χ4v) is 3.79. The fraction of sp³-hybridized carbons (Fsp3) is 0.318.